The van der Waals surface area contributed by atoms with Gasteiger partial charge in [-0.05, 0) is 43.0 Å². The molecular weight excluding hydrogens is 281 g/mol. The summed E-state index contributed by atoms with van der Waals surface area (Å²) in [5, 5.41) is 2.89. The van der Waals surface area contributed by atoms with E-state index in [0.29, 0.717) is 0 Å². The molecule has 1 heterocycles. The van der Waals surface area contributed by atoms with Crippen molar-refractivity contribution in [3.63, 3.8) is 0 Å². The van der Waals surface area contributed by atoms with Crippen molar-refractivity contribution in [3.05, 3.63) is 63.3 Å². The lowest BCUT2D eigenvalue weighted by Gasteiger charge is -2.27. The first-order valence-corrected chi connectivity index (χ1v) is 6.68. The first-order chi connectivity index (χ1) is 10.1. The Morgan fingerprint density at radius 3 is 2.71 bits per heavy atom. The van der Waals surface area contributed by atoms with Crippen LogP contribution >= 0.6 is 0 Å². The Morgan fingerprint density at radius 1 is 1.10 bits per heavy atom. The number of pyridine rings is 1. The van der Waals surface area contributed by atoms with Crippen LogP contribution < -0.4 is 10.9 Å². The molecule has 0 saturated carbocycles. The smallest absolute Gasteiger partial charge is 0.248 e. The fraction of sp³-hybridized carbons (Fsp3) is 0.267. The van der Waals surface area contributed by atoms with Crippen molar-refractivity contribution >= 4 is 5.69 Å². The van der Waals surface area contributed by atoms with E-state index in [-0.39, 0.29) is 17.3 Å². The normalized spacial score (nSPS) is 17.4. The molecule has 0 fully saturated rings. The van der Waals surface area contributed by atoms with E-state index >= 15 is 0 Å². The average molecular weight is 294 g/mol. The molecule has 1 aromatic carbocycles. The minimum atomic E-state index is -1.49. The van der Waals surface area contributed by atoms with Gasteiger partial charge in [0.1, 0.15) is 0 Å². The molecule has 0 amide bonds. The molecule has 0 radical (unpaired) electrons. The Bertz CT molecular complexity index is 742. The number of fused-ring (bicyclic) bond motifs is 1. The molecule has 1 aliphatic carbocycles. The van der Waals surface area contributed by atoms with Crippen molar-refractivity contribution in [1.82, 2.24) is 4.98 Å². The number of hydrogen-bond acceptors (Lipinski definition) is 2. The van der Waals surface area contributed by atoms with Gasteiger partial charge in [-0.15, -0.1) is 0 Å². The fourth-order valence-electron chi connectivity index (χ4n) is 2.68. The van der Waals surface area contributed by atoms with E-state index in [1.54, 1.807) is 6.07 Å². The number of aromatic nitrogens is 1. The third-order valence-corrected chi connectivity index (χ3v) is 3.70. The number of anilines is 1. The lowest BCUT2D eigenvalue weighted by atomic mass is 9.91. The van der Waals surface area contributed by atoms with E-state index in [0.717, 1.165) is 36.6 Å². The SMILES string of the molecule is O=c1ccc2c([nH]1)CCCC2Nc1ccc(F)c(F)c1F. The van der Waals surface area contributed by atoms with Crippen molar-refractivity contribution in [2.75, 3.05) is 5.32 Å². The highest BCUT2D eigenvalue weighted by Gasteiger charge is 2.23. The van der Waals surface area contributed by atoms with E-state index in [2.05, 4.69) is 10.3 Å². The van der Waals surface area contributed by atoms with Gasteiger partial charge < -0.3 is 10.3 Å². The molecule has 2 N–H and O–H groups in total. The number of H-pyrrole nitrogens is 1. The molecule has 0 bridgehead atoms. The summed E-state index contributed by atoms with van der Waals surface area (Å²) in [6.45, 7) is 0. The third-order valence-electron chi connectivity index (χ3n) is 3.70. The highest BCUT2D eigenvalue weighted by Crippen LogP contribution is 2.32. The second kappa shape index (κ2) is 5.27. The molecule has 0 aliphatic heterocycles. The average Bonchev–Trinajstić information content (AvgIpc) is 2.48. The van der Waals surface area contributed by atoms with Crippen molar-refractivity contribution in [3.8, 4) is 0 Å². The van der Waals surface area contributed by atoms with Crippen LogP contribution in [-0.4, -0.2) is 4.98 Å². The maximum atomic E-state index is 13.7. The first kappa shape index (κ1) is 13.7. The summed E-state index contributed by atoms with van der Waals surface area (Å²) in [5.74, 6) is -3.93. The van der Waals surface area contributed by atoms with Gasteiger partial charge in [0, 0.05) is 11.8 Å². The zero-order valence-corrected chi connectivity index (χ0v) is 11.1. The Kier molecular flexibility index (Phi) is 3.45. The minimum Gasteiger partial charge on any atom is -0.376 e. The van der Waals surface area contributed by atoms with E-state index in [4.69, 9.17) is 0 Å². The molecule has 1 aromatic heterocycles. The molecule has 0 saturated heterocycles. The molecule has 6 heteroatoms. The Balaban J connectivity index is 1.94. The molecule has 110 valence electrons. The van der Waals surface area contributed by atoms with Crippen LogP contribution in [0.5, 0.6) is 0 Å². The van der Waals surface area contributed by atoms with Crippen LogP contribution in [0.2, 0.25) is 0 Å². The highest BCUT2D eigenvalue weighted by molar-refractivity contribution is 5.48. The van der Waals surface area contributed by atoms with Crippen LogP contribution in [0.15, 0.2) is 29.1 Å². The summed E-state index contributed by atoms with van der Waals surface area (Å²) >= 11 is 0. The quantitative estimate of drug-likeness (QED) is 0.835. The zero-order chi connectivity index (χ0) is 15.0. The molecular formula is C15H13F3N2O. The zero-order valence-electron chi connectivity index (χ0n) is 11.1. The van der Waals surface area contributed by atoms with Gasteiger partial charge in [-0.25, -0.2) is 13.2 Å². The monoisotopic (exact) mass is 294 g/mol. The number of halogens is 3. The minimum absolute atomic E-state index is 0.0852. The van der Waals surface area contributed by atoms with Crippen molar-refractivity contribution in [2.45, 2.75) is 25.3 Å². The summed E-state index contributed by atoms with van der Waals surface area (Å²) in [6.07, 6.45) is 2.28. The Morgan fingerprint density at radius 2 is 1.90 bits per heavy atom. The van der Waals surface area contributed by atoms with E-state index < -0.39 is 17.5 Å². The van der Waals surface area contributed by atoms with Crippen LogP contribution in [0.25, 0.3) is 0 Å². The summed E-state index contributed by atoms with van der Waals surface area (Å²) in [6, 6.07) is 4.90. The predicted octanol–water partition coefficient (Wildman–Crippen LogP) is 3.28. The summed E-state index contributed by atoms with van der Waals surface area (Å²) in [4.78, 5) is 14.1. The van der Waals surface area contributed by atoms with Gasteiger partial charge in [-0.2, -0.15) is 0 Å². The third kappa shape index (κ3) is 2.53. The van der Waals surface area contributed by atoms with Crippen LogP contribution in [0.3, 0.4) is 0 Å². The van der Waals surface area contributed by atoms with Gasteiger partial charge in [0.05, 0.1) is 11.7 Å². The largest absolute Gasteiger partial charge is 0.376 e. The predicted molar refractivity (Wildman–Crippen MR) is 72.7 cm³/mol. The van der Waals surface area contributed by atoms with Gasteiger partial charge in [0.25, 0.3) is 0 Å². The molecule has 1 unspecified atom stereocenters. The molecule has 1 atom stereocenters. The standard InChI is InChI=1S/C15H13F3N2O/c16-9-5-6-12(15(18)14(9)17)19-10-2-1-3-11-8(10)4-7-13(21)20-11/h4-7,10,19H,1-3H2,(H,20,21). The molecule has 0 spiro atoms. The maximum absolute atomic E-state index is 13.7. The summed E-state index contributed by atoms with van der Waals surface area (Å²) in [5.41, 5.74) is 1.38. The number of rotatable bonds is 2. The highest BCUT2D eigenvalue weighted by atomic mass is 19.2. The Labute approximate surface area is 118 Å². The number of benzene rings is 1. The molecule has 21 heavy (non-hydrogen) atoms. The lowest BCUT2D eigenvalue weighted by Crippen LogP contribution is -2.22. The second-order valence-electron chi connectivity index (χ2n) is 5.07. The van der Waals surface area contributed by atoms with Gasteiger partial charge >= 0.3 is 0 Å². The van der Waals surface area contributed by atoms with Gasteiger partial charge in [0.15, 0.2) is 17.5 Å². The van der Waals surface area contributed by atoms with E-state index in [1.165, 1.54) is 12.1 Å². The molecule has 3 nitrogen and oxygen atoms in total. The first-order valence-electron chi connectivity index (χ1n) is 6.68. The van der Waals surface area contributed by atoms with E-state index in [9.17, 15) is 18.0 Å². The number of aromatic amines is 1. The number of nitrogens with one attached hydrogen (secondary N) is 2. The number of hydrogen-bond donors (Lipinski definition) is 2. The molecule has 1 aliphatic rings. The molecule has 2 aromatic rings. The lowest BCUT2D eigenvalue weighted by molar-refractivity contribution is 0.447. The van der Waals surface area contributed by atoms with Crippen molar-refractivity contribution in [1.29, 1.82) is 0 Å². The van der Waals surface area contributed by atoms with Crippen LogP contribution in [0, 0.1) is 17.5 Å². The summed E-state index contributed by atoms with van der Waals surface area (Å²) < 4.78 is 39.9. The van der Waals surface area contributed by atoms with Crippen LogP contribution in [0.4, 0.5) is 18.9 Å². The number of aryl methyl sites for hydroxylation is 1. The van der Waals surface area contributed by atoms with Crippen molar-refractivity contribution < 1.29 is 13.2 Å². The topological polar surface area (TPSA) is 44.9 Å². The Hall–Kier alpha value is -2.24. The van der Waals surface area contributed by atoms with E-state index in [1.807, 2.05) is 0 Å². The van der Waals surface area contributed by atoms with Crippen molar-refractivity contribution in [2.24, 2.45) is 0 Å². The summed E-state index contributed by atoms with van der Waals surface area (Å²) in [7, 11) is 0. The second-order valence-corrected chi connectivity index (χ2v) is 5.07. The van der Waals surface area contributed by atoms with Crippen LogP contribution in [0.1, 0.15) is 30.1 Å². The van der Waals surface area contributed by atoms with Gasteiger partial charge in [-0.1, -0.05) is 0 Å². The maximum Gasteiger partial charge on any atom is 0.248 e. The molecule has 3 rings (SSSR count). The van der Waals surface area contributed by atoms with Crippen LogP contribution in [-0.2, 0) is 6.42 Å². The van der Waals surface area contributed by atoms with Gasteiger partial charge in [0.2, 0.25) is 5.56 Å². The van der Waals surface area contributed by atoms with Gasteiger partial charge in [-0.3, -0.25) is 4.79 Å². The fourth-order valence-corrected chi connectivity index (χ4v) is 2.68.